The Bertz CT molecular complexity index is 560. The lowest BCUT2D eigenvalue weighted by Crippen LogP contribution is -2.53. The van der Waals surface area contributed by atoms with Crippen molar-refractivity contribution in [3.8, 4) is 0 Å². The number of amides is 1. The minimum atomic E-state index is -0.613. The number of hydrogen-bond acceptors (Lipinski definition) is 4. The number of nitrogens with zero attached hydrogens (tertiary/aromatic N) is 1. The van der Waals surface area contributed by atoms with Crippen molar-refractivity contribution in [2.24, 2.45) is 11.7 Å². The van der Waals surface area contributed by atoms with Gasteiger partial charge in [-0.3, -0.25) is 14.9 Å². The molecule has 0 aromatic heterocycles. The van der Waals surface area contributed by atoms with Gasteiger partial charge in [-0.2, -0.15) is 0 Å². The minimum absolute atomic E-state index is 0.000255. The fraction of sp³-hybridized carbons (Fsp3) is 0.462. The molecule has 0 radical (unpaired) electrons. The second kappa shape index (κ2) is 5.38. The van der Waals surface area contributed by atoms with Crippen LogP contribution in [-0.2, 0) is 0 Å². The first-order valence-electron chi connectivity index (χ1n) is 6.34. The molecule has 0 heterocycles. The zero-order chi connectivity index (χ0) is 14.9. The van der Waals surface area contributed by atoms with Crippen LogP contribution in [0, 0.1) is 16.0 Å². The predicted octanol–water partition coefficient (Wildman–Crippen LogP) is 2.11. The summed E-state index contributed by atoms with van der Waals surface area (Å²) >= 11 is 5.73. The summed E-state index contributed by atoms with van der Waals surface area (Å²) < 4.78 is 0. The van der Waals surface area contributed by atoms with E-state index in [-0.39, 0.29) is 16.3 Å². The van der Waals surface area contributed by atoms with Crippen LogP contribution in [0.15, 0.2) is 18.2 Å². The lowest BCUT2D eigenvalue weighted by atomic mass is 9.95. The van der Waals surface area contributed by atoms with Gasteiger partial charge in [0.15, 0.2) is 0 Å². The molecule has 3 N–H and O–H groups in total. The molecule has 2 rings (SSSR count). The van der Waals surface area contributed by atoms with Crippen LogP contribution in [0.25, 0.3) is 0 Å². The van der Waals surface area contributed by atoms with Gasteiger partial charge in [-0.05, 0) is 37.8 Å². The quantitative estimate of drug-likeness (QED) is 0.642. The van der Waals surface area contributed by atoms with E-state index in [0.717, 1.165) is 12.8 Å². The minimum Gasteiger partial charge on any atom is -0.345 e. The van der Waals surface area contributed by atoms with E-state index in [1.54, 1.807) is 0 Å². The third kappa shape index (κ3) is 2.91. The molecule has 20 heavy (non-hydrogen) atoms. The topological polar surface area (TPSA) is 98.3 Å². The number of nitro groups is 1. The Hall–Kier alpha value is -1.66. The highest BCUT2D eigenvalue weighted by atomic mass is 35.5. The molecule has 0 aliphatic heterocycles. The Morgan fingerprint density at radius 1 is 1.60 bits per heavy atom. The maximum absolute atomic E-state index is 12.3. The Morgan fingerprint density at radius 2 is 2.25 bits per heavy atom. The maximum atomic E-state index is 12.3. The van der Waals surface area contributed by atoms with Crippen LogP contribution in [0.3, 0.4) is 0 Å². The molecule has 1 aliphatic rings. The molecule has 1 saturated carbocycles. The van der Waals surface area contributed by atoms with E-state index in [1.165, 1.54) is 18.2 Å². The molecular weight excluding hydrogens is 282 g/mol. The standard InChI is InChI=1S/C13H16ClN3O3/c1-13(7-15,8-2-3-8)16-12(18)10-5-4-9(14)6-11(10)17(19)20/h4-6,8H,2-3,7,15H2,1H3,(H,16,18). The summed E-state index contributed by atoms with van der Waals surface area (Å²) in [6.07, 6.45) is 2.02. The van der Waals surface area contributed by atoms with Gasteiger partial charge in [0.05, 0.1) is 10.5 Å². The summed E-state index contributed by atoms with van der Waals surface area (Å²) in [5.74, 6) is -0.156. The van der Waals surface area contributed by atoms with Crippen molar-refractivity contribution in [1.29, 1.82) is 0 Å². The number of halogens is 1. The summed E-state index contributed by atoms with van der Waals surface area (Å²) in [6, 6.07) is 3.99. The summed E-state index contributed by atoms with van der Waals surface area (Å²) in [5, 5.41) is 14.0. The van der Waals surface area contributed by atoms with E-state index in [2.05, 4.69) is 5.32 Å². The maximum Gasteiger partial charge on any atom is 0.283 e. The largest absolute Gasteiger partial charge is 0.345 e. The van der Waals surface area contributed by atoms with E-state index in [1.807, 2.05) is 6.92 Å². The normalized spacial score (nSPS) is 17.4. The van der Waals surface area contributed by atoms with Crippen LogP contribution >= 0.6 is 11.6 Å². The fourth-order valence-corrected chi connectivity index (χ4v) is 2.38. The van der Waals surface area contributed by atoms with Crippen LogP contribution < -0.4 is 11.1 Å². The van der Waals surface area contributed by atoms with Gasteiger partial charge in [-0.15, -0.1) is 0 Å². The SMILES string of the molecule is CC(CN)(NC(=O)c1ccc(Cl)cc1[N+](=O)[O-])C1CC1. The highest BCUT2D eigenvalue weighted by Crippen LogP contribution is 2.39. The number of rotatable bonds is 5. The smallest absolute Gasteiger partial charge is 0.283 e. The molecular formula is C13H16ClN3O3. The van der Waals surface area contributed by atoms with E-state index in [4.69, 9.17) is 17.3 Å². The van der Waals surface area contributed by atoms with Gasteiger partial charge in [0.25, 0.3) is 11.6 Å². The molecule has 6 nitrogen and oxygen atoms in total. The van der Waals surface area contributed by atoms with E-state index >= 15 is 0 Å². The molecule has 1 aromatic rings. The fourth-order valence-electron chi connectivity index (χ4n) is 2.21. The second-order valence-electron chi connectivity index (χ2n) is 5.27. The van der Waals surface area contributed by atoms with Crippen LogP contribution in [0.5, 0.6) is 0 Å². The highest BCUT2D eigenvalue weighted by molar-refractivity contribution is 6.31. The van der Waals surface area contributed by atoms with Crippen molar-refractivity contribution in [3.05, 3.63) is 38.9 Å². The van der Waals surface area contributed by atoms with Crippen LogP contribution in [0.2, 0.25) is 5.02 Å². The average molecular weight is 298 g/mol. The summed E-state index contributed by atoms with van der Waals surface area (Å²) in [5.41, 5.74) is 4.90. The Kier molecular flexibility index (Phi) is 3.96. The van der Waals surface area contributed by atoms with Gasteiger partial charge in [0.2, 0.25) is 0 Å². The van der Waals surface area contributed by atoms with Crippen molar-refractivity contribution in [1.82, 2.24) is 5.32 Å². The van der Waals surface area contributed by atoms with E-state index in [9.17, 15) is 14.9 Å². The lowest BCUT2D eigenvalue weighted by molar-refractivity contribution is -0.385. The number of hydrogen-bond donors (Lipinski definition) is 2. The zero-order valence-electron chi connectivity index (χ0n) is 11.1. The van der Waals surface area contributed by atoms with Crippen molar-refractivity contribution in [3.63, 3.8) is 0 Å². The van der Waals surface area contributed by atoms with Gasteiger partial charge in [0, 0.05) is 17.6 Å². The third-order valence-electron chi connectivity index (χ3n) is 3.70. The summed E-state index contributed by atoms with van der Waals surface area (Å²) in [7, 11) is 0. The summed E-state index contributed by atoms with van der Waals surface area (Å²) in [6.45, 7) is 2.16. The van der Waals surface area contributed by atoms with Crippen molar-refractivity contribution < 1.29 is 9.72 Å². The van der Waals surface area contributed by atoms with Gasteiger partial charge in [-0.1, -0.05) is 11.6 Å². The van der Waals surface area contributed by atoms with Crippen molar-refractivity contribution >= 4 is 23.2 Å². The van der Waals surface area contributed by atoms with Crippen molar-refractivity contribution in [2.45, 2.75) is 25.3 Å². The summed E-state index contributed by atoms with van der Waals surface area (Å²) in [4.78, 5) is 22.7. The zero-order valence-corrected chi connectivity index (χ0v) is 11.8. The van der Waals surface area contributed by atoms with Crippen LogP contribution in [0.1, 0.15) is 30.1 Å². The molecule has 1 atom stereocenters. The molecule has 0 spiro atoms. The second-order valence-corrected chi connectivity index (χ2v) is 5.71. The monoisotopic (exact) mass is 297 g/mol. The molecule has 1 amide bonds. The average Bonchev–Trinajstić information content (AvgIpc) is 3.22. The first-order valence-corrected chi connectivity index (χ1v) is 6.71. The number of carbonyl (C=O) groups excluding carboxylic acids is 1. The lowest BCUT2D eigenvalue weighted by Gasteiger charge is -2.29. The first-order chi connectivity index (χ1) is 9.37. The molecule has 1 unspecified atom stereocenters. The van der Waals surface area contributed by atoms with Crippen LogP contribution in [-0.4, -0.2) is 22.9 Å². The molecule has 1 fully saturated rings. The number of nitrogens with two attached hydrogens (primary N) is 1. The van der Waals surface area contributed by atoms with Crippen LogP contribution in [0.4, 0.5) is 5.69 Å². The number of benzene rings is 1. The highest BCUT2D eigenvalue weighted by Gasteiger charge is 2.42. The van der Waals surface area contributed by atoms with Gasteiger partial charge in [0.1, 0.15) is 5.56 Å². The Morgan fingerprint density at radius 3 is 2.75 bits per heavy atom. The Labute approximate surface area is 121 Å². The molecule has 1 aliphatic carbocycles. The molecule has 0 bridgehead atoms. The number of carbonyl (C=O) groups is 1. The first kappa shape index (κ1) is 14.7. The van der Waals surface area contributed by atoms with Gasteiger partial charge < -0.3 is 11.1 Å². The third-order valence-corrected chi connectivity index (χ3v) is 3.94. The van der Waals surface area contributed by atoms with E-state index < -0.39 is 16.4 Å². The predicted molar refractivity (Wildman–Crippen MR) is 75.8 cm³/mol. The van der Waals surface area contributed by atoms with Gasteiger partial charge >= 0.3 is 0 Å². The molecule has 108 valence electrons. The number of nitrogens with one attached hydrogen (secondary N) is 1. The number of nitro benzene ring substituents is 1. The van der Waals surface area contributed by atoms with Crippen molar-refractivity contribution in [2.75, 3.05) is 6.54 Å². The molecule has 0 saturated heterocycles. The van der Waals surface area contributed by atoms with Gasteiger partial charge in [-0.25, -0.2) is 0 Å². The van der Waals surface area contributed by atoms with E-state index in [0.29, 0.717) is 12.5 Å². The molecule has 7 heteroatoms. The Balaban J connectivity index is 2.27. The molecule has 1 aromatic carbocycles.